The minimum Gasteiger partial charge on any atom is -0.323 e. The van der Waals surface area contributed by atoms with Crippen LogP contribution < -0.4 is 5.73 Å². The maximum Gasteiger partial charge on any atom is 0.143 e. The van der Waals surface area contributed by atoms with E-state index in [0.29, 0.717) is 0 Å². The van der Waals surface area contributed by atoms with Crippen molar-refractivity contribution in [3.05, 3.63) is 29.7 Å². The van der Waals surface area contributed by atoms with E-state index in [1.807, 2.05) is 12.3 Å². The van der Waals surface area contributed by atoms with E-state index in [9.17, 15) is 0 Å². The Labute approximate surface area is 85.9 Å². The molecule has 2 aromatic heterocycles. The summed E-state index contributed by atoms with van der Waals surface area (Å²) in [5, 5.41) is 2.78. The van der Waals surface area contributed by atoms with Crippen molar-refractivity contribution in [2.24, 2.45) is 5.73 Å². The Hall–Kier alpha value is -1.33. The zero-order chi connectivity index (χ0) is 9.97. The fraction of sp³-hybridized carbons (Fsp3) is 0.222. The quantitative estimate of drug-likeness (QED) is 0.811. The molecule has 5 heteroatoms. The molecule has 0 aromatic carbocycles. The molecule has 1 atom stereocenters. The summed E-state index contributed by atoms with van der Waals surface area (Å²) in [4.78, 5) is 12.7. The van der Waals surface area contributed by atoms with Gasteiger partial charge in [-0.15, -0.1) is 11.3 Å². The van der Waals surface area contributed by atoms with E-state index in [2.05, 4.69) is 15.0 Å². The molecule has 0 saturated heterocycles. The Kier molecular flexibility index (Phi) is 2.51. The molecule has 14 heavy (non-hydrogen) atoms. The second-order valence-corrected chi connectivity index (χ2v) is 3.81. The fourth-order valence-electron chi connectivity index (χ4n) is 1.19. The minimum absolute atomic E-state index is 0.123. The maximum absolute atomic E-state index is 5.79. The van der Waals surface area contributed by atoms with Crippen molar-refractivity contribution in [3.8, 4) is 10.7 Å². The van der Waals surface area contributed by atoms with Crippen LogP contribution in [0.15, 0.2) is 24.0 Å². The molecule has 0 aliphatic heterocycles. The molecule has 0 saturated carbocycles. The second-order valence-electron chi connectivity index (χ2n) is 2.92. The van der Waals surface area contributed by atoms with E-state index < -0.39 is 0 Å². The number of thiazole rings is 1. The van der Waals surface area contributed by atoms with Crippen LogP contribution in [-0.4, -0.2) is 15.0 Å². The minimum atomic E-state index is -0.123. The number of nitrogens with two attached hydrogens (primary N) is 1. The molecule has 72 valence electrons. The average molecular weight is 206 g/mol. The van der Waals surface area contributed by atoms with Crippen LogP contribution in [0.5, 0.6) is 0 Å². The van der Waals surface area contributed by atoms with Crippen LogP contribution in [0, 0.1) is 0 Å². The highest BCUT2D eigenvalue weighted by molar-refractivity contribution is 7.13. The summed E-state index contributed by atoms with van der Waals surface area (Å²) in [5.74, 6) is 0. The largest absolute Gasteiger partial charge is 0.323 e. The highest BCUT2D eigenvalue weighted by atomic mass is 32.1. The average Bonchev–Trinajstić information content (AvgIpc) is 2.70. The number of aromatic nitrogens is 3. The van der Waals surface area contributed by atoms with Gasteiger partial charge in [0.15, 0.2) is 0 Å². The van der Waals surface area contributed by atoms with E-state index in [1.165, 1.54) is 11.3 Å². The Morgan fingerprint density at radius 2 is 2.00 bits per heavy atom. The number of hydrogen-bond acceptors (Lipinski definition) is 5. The van der Waals surface area contributed by atoms with E-state index in [-0.39, 0.29) is 6.04 Å². The molecule has 2 rings (SSSR count). The highest BCUT2D eigenvalue weighted by Gasteiger charge is 2.12. The van der Waals surface area contributed by atoms with Crippen LogP contribution in [0.4, 0.5) is 0 Å². The van der Waals surface area contributed by atoms with Crippen LogP contribution in [0.2, 0.25) is 0 Å². The van der Waals surface area contributed by atoms with Crippen LogP contribution in [0.3, 0.4) is 0 Å². The molecule has 2 heterocycles. The van der Waals surface area contributed by atoms with Gasteiger partial charge in [0.25, 0.3) is 0 Å². The van der Waals surface area contributed by atoms with Crippen LogP contribution in [0.1, 0.15) is 18.7 Å². The van der Waals surface area contributed by atoms with Gasteiger partial charge in [-0.1, -0.05) is 0 Å². The molecule has 2 N–H and O–H groups in total. The normalized spacial score (nSPS) is 12.7. The van der Waals surface area contributed by atoms with Crippen molar-refractivity contribution in [2.75, 3.05) is 0 Å². The lowest BCUT2D eigenvalue weighted by Crippen LogP contribution is -2.09. The Morgan fingerprint density at radius 3 is 2.64 bits per heavy atom. The summed E-state index contributed by atoms with van der Waals surface area (Å²) >= 11 is 1.54. The van der Waals surface area contributed by atoms with Crippen LogP contribution >= 0.6 is 11.3 Å². The monoisotopic (exact) mass is 206 g/mol. The van der Waals surface area contributed by atoms with Gasteiger partial charge in [0.2, 0.25) is 0 Å². The molecule has 2 aromatic rings. The second kappa shape index (κ2) is 3.81. The van der Waals surface area contributed by atoms with E-state index >= 15 is 0 Å². The van der Waals surface area contributed by atoms with Crippen molar-refractivity contribution in [2.45, 2.75) is 13.0 Å². The molecule has 0 spiro atoms. The summed E-state index contributed by atoms with van der Waals surface area (Å²) < 4.78 is 0. The van der Waals surface area contributed by atoms with Gasteiger partial charge in [0.05, 0.1) is 5.69 Å². The number of nitrogens with zero attached hydrogens (tertiary/aromatic N) is 3. The van der Waals surface area contributed by atoms with Gasteiger partial charge in [0.1, 0.15) is 10.7 Å². The third-order valence-corrected chi connectivity index (χ3v) is 2.57. The lowest BCUT2D eigenvalue weighted by atomic mass is 10.2. The molecule has 0 aliphatic rings. The van der Waals surface area contributed by atoms with Crippen molar-refractivity contribution >= 4 is 11.3 Å². The van der Waals surface area contributed by atoms with Gasteiger partial charge in [-0.05, 0) is 6.92 Å². The Balaban J connectivity index is 2.53. The highest BCUT2D eigenvalue weighted by Crippen LogP contribution is 2.24. The number of rotatable bonds is 2. The predicted molar refractivity (Wildman–Crippen MR) is 55.7 cm³/mol. The van der Waals surface area contributed by atoms with Crippen LogP contribution in [-0.2, 0) is 0 Å². The van der Waals surface area contributed by atoms with Gasteiger partial charge >= 0.3 is 0 Å². The van der Waals surface area contributed by atoms with Gasteiger partial charge in [-0.2, -0.15) is 0 Å². The first kappa shape index (κ1) is 9.23. The molecule has 0 radical (unpaired) electrons. The van der Waals surface area contributed by atoms with Gasteiger partial charge in [-0.3, -0.25) is 9.97 Å². The number of hydrogen-bond donors (Lipinski definition) is 1. The molecule has 4 nitrogen and oxygen atoms in total. The summed E-state index contributed by atoms with van der Waals surface area (Å²) in [7, 11) is 0. The molecule has 0 fully saturated rings. The molecular formula is C9H10N4S. The van der Waals surface area contributed by atoms with Crippen LogP contribution in [0.25, 0.3) is 10.7 Å². The molecular weight excluding hydrogens is 196 g/mol. The van der Waals surface area contributed by atoms with E-state index in [1.54, 1.807) is 18.6 Å². The van der Waals surface area contributed by atoms with Crippen molar-refractivity contribution < 1.29 is 0 Å². The Bertz CT molecular complexity index is 411. The van der Waals surface area contributed by atoms with Crippen molar-refractivity contribution in [1.29, 1.82) is 0 Å². The third-order valence-electron chi connectivity index (χ3n) is 1.79. The maximum atomic E-state index is 5.79. The summed E-state index contributed by atoms with van der Waals surface area (Å²) in [5.41, 5.74) is 7.38. The van der Waals surface area contributed by atoms with Crippen molar-refractivity contribution in [3.63, 3.8) is 0 Å². The SMILES string of the molecule is C[C@@H](N)c1nccnc1-c1nccs1. The topological polar surface area (TPSA) is 64.7 Å². The predicted octanol–water partition coefficient (Wildman–Crippen LogP) is 1.62. The zero-order valence-electron chi connectivity index (χ0n) is 7.71. The molecule has 0 aliphatic carbocycles. The van der Waals surface area contributed by atoms with Crippen molar-refractivity contribution in [1.82, 2.24) is 15.0 Å². The van der Waals surface area contributed by atoms with E-state index in [0.717, 1.165) is 16.4 Å². The van der Waals surface area contributed by atoms with Gasteiger partial charge in [-0.25, -0.2) is 4.98 Å². The third kappa shape index (κ3) is 1.64. The summed E-state index contributed by atoms with van der Waals surface area (Å²) in [6.45, 7) is 1.89. The standard InChI is InChI=1S/C9H10N4S/c1-6(10)7-8(12-3-2-11-7)9-13-4-5-14-9/h2-6H,10H2,1H3/t6-/m1/s1. The lowest BCUT2D eigenvalue weighted by Gasteiger charge is -2.07. The summed E-state index contributed by atoms with van der Waals surface area (Å²) in [6.07, 6.45) is 5.05. The molecule has 0 bridgehead atoms. The lowest BCUT2D eigenvalue weighted by molar-refractivity contribution is 0.775. The smallest absolute Gasteiger partial charge is 0.143 e. The Morgan fingerprint density at radius 1 is 1.21 bits per heavy atom. The van der Waals surface area contributed by atoms with Gasteiger partial charge < -0.3 is 5.73 Å². The molecule has 0 unspecified atom stereocenters. The fourth-order valence-corrected chi connectivity index (χ4v) is 1.83. The van der Waals surface area contributed by atoms with E-state index in [4.69, 9.17) is 5.73 Å². The zero-order valence-corrected chi connectivity index (χ0v) is 8.53. The van der Waals surface area contributed by atoms with Gasteiger partial charge in [0, 0.05) is 30.0 Å². The first-order valence-corrected chi connectivity index (χ1v) is 5.13. The molecule has 0 amide bonds. The summed E-state index contributed by atoms with van der Waals surface area (Å²) in [6, 6.07) is -0.123. The first-order chi connectivity index (χ1) is 6.79. The first-order valence-electron chi connectivity index (χ1n) is 4.25.